The second-order valence-corrected chi connectivity index (χ2v) is 2.75. The lowest BCUT2D eigenvalue weighted by atomic mass is 10.2. The van der Waals surface area contributed by atoms with Gasteiger partial charge in [0, 0.05) is 18.3 Å². The van der Waals surface area contributed by atoms with E-state index >= 15 is 0 Å². The number of carbonyl (C=O) groups is 2. The van der Waals surface area contributed by atoms with Crippen LogP contribution >= 0.6 is 0 Å². The fourth-order valence-corrected chi connectivity index (χ4v) is 0.982. The number of hydrazine groups is 1. The van der Waals surface area contributed by atoms with Crippen molar-refractivity contribution in [3.8, 4) is 0 Å². The zero-order valence-corrected chi connectivity index (χ0v) is 8.20. The van der Waals surface area contributed by atoms with Gasteiger partial charge in [0.25, 0.3) is 5.91 Å². The lowest BCUT2D eigenvalue weighted by Crippen LogP contribution is -2.30. The highest BCUT2D eigenvalue weighted by Crippen LogP contribution is 2.08. The van der Waals surface area contributed by atoms with E-state index < -0.39 is 0 Å². The first-order valence-corrected chi connectivity index (χ1v) is 4.27. The van der Waals surface area contributed by atoms with Crippen LogP contribution in [0.5, 0.6) is 0 Å². The molecule has 0 heterocycles. The van der Waals surface area contributed by atoms with E-state index in [4.69, 9.17) is 5.84 Å². The van der Waals surface area contributed by atoms with Crippen LogP contribution in [-0.4, -0.2) is 19.0 Å². The minimum absolute atomic E-state index is 0.314. The number of nitrogen functional groups attached to an aromatic ring is 1. The van der Waals surface area contributed by atoms with E-state index in [-0.39, 0.29) is 11.9 Å². The van der Waals surface area contributed by atoms with Gasteiger partial charge in [-0.3, -0.25) is 10.2 Å². The van der Waals surface area contributed by atoms with Crippen molar-refractivity contribution in [1.29, 1.82) is 0 Å². The first-order chi connectivity index (χ1) is 7.17. The third kappa shape index (κ3) is 2.96. The SMILES string of the molecule is CNC(=O)Nc1ccc(C(=O)NN)cc1. The smallest absolute Gasteiger partial charge is 0.318 e. The zero-order valence-electron chi connectivity index (χ0n) is 8.20. The molecule has 15 heavy (non-hydrogen) atoms. The van der Waals surface area contributed by atoms with Crippen LogP contribution in [-0.2, 0) is 0 Å². The Bertz CT molecular complexity index is 361. The Kier molecular flexibility index (Phi) is 3.64. The average molecular weight is 208 g/mol. The Morgan fingerprint density at radius 2 is 1.80 bits per heavy atom. The summed E-state index contributed by atoms with van der Waals surface area (Å²) in [6.07, 6.45) is 0. The molecule has 0 saturated carbocycles. The van der Waals surface area contributed by atoms with Crippen LogP contribution in [0.15, 0.2) is 24.3 Å². The minimum atomic E-state index is -0.374. The number of hydrogen-bond acceptors (Lipinski definition) is 3. The zero-order chi connectivity index (χ0) is 11.3. The summed E-state index contributed by atoms with van der Waals surface area (Å²) in [5.74, 6) is 4.59. The maximum atomic E-state index is 11.1. The van der Waals surface area contributed by atoms with Crippen molar-refractivity contribution in [1.82, 2.24) is 10.7 Å². The molecule has 1 aromatic carbocycles. The van der Waals surface area contributed by atoms with Gasteiger partial charge in [-0.25, -0.2) is 10.6 Å². The van der Waals surface area contributed by atoms with Crippen LogP contribution in [0.4, 0.5) is 10.5 Å². The molecule has 0 unspecified atom stereocenters. The van der Waals surface area contributed by atoms with Gasteiger partial charge in [-0.05, 0) is 24.3 Å². The number of benzene rings is 1. The lowest BCUT2D eigenvalue weighted by molar-refractivity contribution is 0.0953. The van der Waals surface area contributed by atoms with Crippen LogP contribution in [0.1, 0.15) is 10.4 Å². The molecule has 0 bridgehead atoms. The number of hydrogen-bond donors (Lipinski definition) is 4. The van der Waals surface area contributed by atoms with Gasteiger partial charge in [0.15, 0.2) is 0 Å². The standard InChI is InChI=1S/C9H12N4O2/c1-11-9(15)12-7-4-2-6(3-5-7)8(14)13-10/h2-5H,10H2,1H3,(H,13,14)(H2,11,12,15). The van der Waals surface area contributed by atoms with Crippen molar-refractivity contribution in [2.24, 2.45) is 5.84 Å². The maximum Gasteiger partial charge on any atom is 0.318 e. The molecular formula is C9H12N4O2. The highest BCUT2D eigenvalue weighted by Gasteiger charge is 2.03. The molecule has 0 saturated heterocycles. The van der Waals surface area contributed by atoms with Gasteiger partial charge in [-0.2, -0.15) is 0 Å². The second-order valence-electron chi connectivity index (χ2n) is 2.75. The van der Waals surface area contributed by atoms with E-state index in [0.717, 1.165) is 0 Å². The van der Waals surface area contributed by atoms with Gasteiger partial charge in [0.2, 0.25) is 0 Å². The number of carbonyl (C=O) groups excluding carboxylic acids is 2. The predicted molar refractivity (Wildman–Crippen MR) is 56.2 cm³/mol. The Hall–Kier alpha value is -2.08. The van der Waals surface area contributed by atoms with Crippen LogP contribution in [0.25, 0.3) is 0 Å². The minimum Gasteiger partial charge on any atom is -0.341 e. The number of rotatable bonds is 2. The number of nitrogens with two attached hydrogens (primary N) is 1. The van der Waals surface area contributed by atoms with Gasteiger partial charge in [-0.15, -0.1) is 0 Å². The molecule has 0 radical (unpaired) electrons. The van der Waals surface area contributed by atoms with E-state index in [1.54, 1.807) is 24.3 Å². The van der Waals surface area contributed by atoms with Gasteiger partial charge in [0.1, 0.15) is 0 Å². The molecule has 80 valence electrons. The molecule has 0 aliphatic heterocycles. The second kappa shape index (κ2) is 4.97. The molecule has 6 heteroatoms. The van der Waals surface area contributed by atoms with Crippen molar-refractivity contribution in [2.75, 3.05) is 12.4 Å². The third-order valence-electron chi connectivity index (χ3n) is 1.76. The molecule has 0 aliphatic carbocycles. The van der Waals surface area contributed by atoms with E-state index in [1.807, 2.05) is 5.43 Å². The fraction of sp³-hybridized carbons (Fsp3) is 0.111. The number of amides is 3. The average Bonchev–Trinajstić information content (AvgIpc) is 2.29. The molecular weight excluding hydrogens is 196 g/mol. The monoisotopic (exact) mass is 208 g/mol. The first-order valence-electron chi connectivity index (χ1n) is 4.27. The number of anilines is 1. The molecule has 1 rings (SSSR count). The first kappa shape index (κ1) is 11.0. The summed E-state index contributed by atoms with van der Waals surface area (Å²) in [5.41, 5.74) is 3.04. The quantitative estimate of drug-likeness (QED) is 0.314. The normalized spacial score (nSPS) is 9.20. The topological polar surface area (TPSA) is 96.2 Å². The highest BCUT2D eigenvalue weighted by molar-refractivity contribution is 5.95. The Morgan fingerprint density at radius 3 is 2.27 bits per heavy atom. The molecule has 0 fully saturated rings. The van der Waals surface area contributed by atoms with Crippen LogP contribution in [0, 0.1) is 0 Å². The molecule has 0 aromatic heterocycles. The highest BCUT2D eigenvalue weighted by atomic mass is 16.2. The fourth-order valence-electron chi connectivity index (χ4n) is 0.982. The molecule has 0 aliphatic rings. The molecule has 6 nitrogen and oxygen atoms in total. The Labute approximate surface area is 86.8 Å². The molecule has 1 aromatic rings. The molecule has 0 atom stereocenters. The molecule has 3 amide bonds. The van der Waals surface area contributed by atoms with Crippen molar-refractivity contribution < 1.29 is 9.59 Å². The van der Waals surface area contributed by atoms with Crippen molar-refractivity contribution in [3.05, 3.63) is 29.8 Å². The van der Waals surface area contributed by atoms with Crippen LogP contribution < -0.4 is 21.9 Å². The summed E-state index contributed by atoms with van der Waals surface area (Å²) in [6, 6.07) is 6.03. The Balaban J connectivity index is 2.72. The molecule has 5 N–H and O–H groups in total. The van der Waals surface area contributed by atoms with Gasteiger partial charge >= 0.3 is 6.03 Å². The van der Waals surface area contributed by atoms with Gasteiger partial charge < -0.3 is 10.6 Å². The summed E-state index contributed by atoms with van der Waals surface area (Å²) < 4.78 is 0. The van der Waals surface area contributed by atoms with E-state index in [1.165, 1.54) is 7.05 Å². The van der Waals surface area contributed by atoms with Gasteiger partial charge in [0.05, 0.1) is 0 Å². The summed E-state index contributed by atoms with van der Waals surface area (Å²) in [5, 5.41) is 4.98. The summed E-state index contributed by atoms with van der Waals surface area (Å²) in [6.45, 7) is 0. The lowest BCUT2D eigenvalue weighted by Gasteiger charge is -2.04. The third-order valence-corrected chi connectivity index (χ3v) is 1.76. The summed E-state index contributed by atoms with van der Waals surface area (Å²) in [4.78, 5) is 22.0. The van der Waals surface area contributed by atoms with Crippen molar-refractivity contribution in [2.45, 2.75) is 0 Å². The maximum absolute atomic E-state index is 11.1. The Morgan fingerprint density at radius 1 is 1.20 bits per heavy atom. The van der Waals surface area contributed by atoms with E-state index in [0.29, 0.717) is 11.3 Å². The number of urea groups is 1. The summed E-state index contributed by atoms with van der Waals surface area (Å²) >= 11 is 0. The van der Waals surface area contributed by atoms with E-state index in [9.17, 15) is 9.59 Å². The summed E-state index contributed by atoms with van der Waals surface area (Å²) in [7, 11) is 1.52. The largest absolute Gasteiger partial charge is 0.341 e. The molecule has 0 spiro atoms. The van der Waals surface area contributed by atoms with Crippen LogP contribution in [0.3, 0.4) is 0 Å². The van der Waals surface area contributed by atoms with Crippen molar-refractivity contribution in [3.63, 3.8) is 0 Å². The van der Waals surface area contributed by atoms with E-state index in [2.05, 4.69) is 10.6 Å². The van der Waals surface area contributed by atoms with Gasteiger partial charge in [-0.1, -0.05) is 0 Å². The van der Waals surface area contributed by atoms with Crippen molar-refractivity contribution >= 4 is 17.6 Å². The van der Waals surface area contributed by atoms with Crippen LogP contribution in [0.2, 0.25) is 0 Å². The predicted octanol–water partition coefficient (Wildman–Crippen LogP) is 0.0414. The number of nitrogens with one attached hydrogen (secondary N) is 3.